The first-order chi connectivity index (χ1) is 12.3. The van der Waals surface area contributed by atoms with E-state index in [2.05, 4.69) is 45.3 Å². The van der Waals surface area contributed by atoms with Gasteiger partial charge in [0.1, 0.15) is 0 Å². The van der Waals surface area contributed by atoms with E-state index in [1.807, 2.05) is 11.0 Å². The largest absolute Gasteiger partial charge is 0.367 e. The number of fused-ring (bicyclic) bond motifs is 1. The van der Waals surface area contributed by atoms with Gasteiger partial charge in [-0.15, -0.1) is 0 Å². The number of hydrogen-bond acceptors (Lipinski definition) is 3. The zero-order valence-corrected chi connectivity index (χ0v) is 14.4. The Labute approximate surface area is 148 Å². The van der Waals surface area contributed by atoms with Crippen molar-refractivity contribution in [3.63, 3.8) is 0 Å². The lowest BCUT2D eigenvalue weighted by atomic mass is 9.94. The number of aromatic amines is 1. The van der Waals surface area contributed by atoms with Gasteiger partial charge < -0.3 is 14.8 Å². The van der Waals surface area contributed by atoms with Gasteiger partial charge in [0.05, 0.1) is 24.3 Å². The molecule has 130 valence electrons. The highest BCUT2D eigenvalue weighted by atomic mass is 16.1. The standard InChI is InChI=1S/C20H24N4O/c25-15-24(17-4-2-1-3-5-17)18-8-6-16(7-9-18)12-23-11-10-19-20(13-23)22-14-21-19/h6-11,14-15,17H,1-5,12-13H2,(H,21,22). The van der Waals surface area contributed by atoms with Crippen LogP contribution in [0, 0.1) is 0 Å². The summed E-state index contributed by atoms with van der Waals surface area (Å²) >= 11 is 0. The molecule has 0 radical (unpaired) electrons. The van der Waals surface area contributed by atoms with Crippen molar-refractivity contribution in [1.82, 2.24) is 14.9 Å². The summed E-state index contributed by atoms with van der Waals surface area (Å²) in [5, 5.41) is 0. The number of rotatable bonds is 5. The Balaban J connectivity index is 1.42. The summed E-state index contributed by atoms with van der Waals surface area (Å²) in [6.07, 6.45) is 12.9. The topological polar surface area (TPSA) is 52.2 Å². The third kappa shape index (κ3) is 3.45. The van der Waals surface area contributed by atoms with Crippen molar-refractivity contribution in [2.45, 2.75) is 51.2 Å². The van der Waals surface area contributed by atoms with Gasteiger partial charge >= 0.3 is 0 Å². The molecule has 2 aromatic rings. The van der Waals surface area contributed by atoms with Gasteiger partial charge in [-0.1, -0.05) is 31.4 Å². The van der Waals surface area contributed by atoms with Crippen LogP contribution in [-0.2, 0) is 17.9 Å². The van der Waals surface area contributed by atoms with Gasteiger partial charge in [-0.2, -0.15) is 0 Å². The number of benzene rings is 1. The highest BCUT2D eigenvalue weighted by Gasteiger charge is 2.21. The number of carbonyl (C=O) groups excluding carboxylic acids is 1. The second-order valence-electron chi connectivity index (χ2n) is 6.96. The van der Waals surface area contributed by atoms with E-state index < -0.39 is 0 Å². The Morgan fingerprint density at radius 3 is 2.76 bits per heavy atom. The van der Waals surface area contributed by atoms with Crippen LogP contribution in [0.15, 0.2) is 36.8 Å². The fourth-order valence-corrected chi connectivity index (χ4v) is 3.87. The van der Waals surface area contributed by atoms with Gasteiger partial charge in [0.2, 0.25) is 6.41 Å². The van der Waals surface area contributed by atoms with Crippen LogP contribution in [0.2, 0.25) is 0 Å². The van der Waals surface area contributed by atoms with Gasteiger partial charge in [-0.3, -0.25) is 4.79 Å². The van der Waals surface area contributed by atoms with Crippen LogP contribution in [0.25, 0.3) is 6.08 Å². The molecule has 1 fully saturated rings. The number of nitrogens with one attached hydrogen (secondary N) is 1. The van der Waals surface area contributed by atoms with Crippen LogP contribution in [0.4, 0.5) is 5.69 Å². The fourth-order valence-electron chi connectivity index (χ4n) is 3.87. The first-order valence-electron chi connectivity index (χ1n) is 9.10. The summed E-state index contributed by atoms with van der Waals surface area (Å²) in [4.78, 5) is 23.2. The van der Waals surface area contributed by atoms with Crippen molar-refractivity contribution in [3.05, 3.63) is 53.7 Å². The second-order valence-corrected chi connectivity index (χ2v) is 6.96. The van der Waals surface area contributed by atoms with Gasteiger partial charge in [-0.05, 0) is 36.6 Å². The van der Waals surface area contributed by atoms with E-state index >= 15 is 0 Å². The van der Waals surface area contributed by atoms with E-state index in [-0.39, 0.29) is 0 Å². The predicted molar refractivity (Wildman–Crippen MR) is 98.7 cm³/mol. The molecule has 5 heteroatoms. The molecule has 2 heterocycles. The van der Waals surface area contributed by atoms with Gasteiger partial charge in [0.25, 0.3) is 0 Å². The molecule has 25 heavy (non-hydrogen) atoms. The molecule has 0 spiro atoms. The fraction of sp³-hybridized carbons (Fsp3) is 0.400. The maximum absolute atomic E-state index is 11.6. The summed E-state index contributed by atoms with van der Waals surface area (Å²) in [7, 11) is 0. The molecule has 1 amide bonds. The molecule has 0 atom stereocenters. The van der Waals surface area contributed by atoms with E-state index in [1.54, 1.807) is 6.33 Å². The lowest BCUT2D eigenvalue weighted by molar-refractivity contribution is -0.108. The molecule has 1 aliphatic heterocycles. The maximum Gasteiger partial charge on any atom is 0.214 e. The predicted octanol–water partition coefficient (Wildman–Crippen LogP) is 3.69. The number of amides is 1. The molecule has 1 aliphatic carbocycles. The minimum Gasteiger partial charge on any atom is -0.367 e. The Hall–Kier alpha value is -2.56. The normalized spacial score (nSPS) is 17.4. The van der Waals surface area contributed by atoms with Crippen LogP contribution < -0.4 is 4.90 Å². The van der Waals surface area contributed by atoms with Gasteiger partial charge in [0, 0.05) is 24.5 Å². The van der Waals surface area contributed by atoms with E-state index in [4.69, 9.17) is 0 Å². The lowest BCUT2D eigenvalue weighted by Gasteiger charge is -2.31. The monoisotopic (exact) mass is 336 g/mol. The first-order valence-corrected chi connectivity index (χ1v) is 9.10. The minimum absolute atomic E-state index is 0.362. The highest BCUT2D eigenvalue weighted by molar-refractivity contribution is 5.76. The van der Waals surface area contributed by atoms with Crippen molar-refractivity contribution in [3.8, 4) is 0 Å². The summed E-state index contributed by atoms with van der Waals surface area (Å²) in [5.74, 6) is 0. The molecular weight excluding hydrogens is 312 g/mol. The molecule has 0 unspecified atom stereocenters. The number of aromatic nitrogens is 2. The lowest BCUT2D eigenvalue weighted by Crippen LogP contribution is -2.35. The molecule has 1 aromatic heterocycles. The van der Waals surface area contributed by atoms with E-state index in [0.717, 1.165) is 49.4 Å². The Kier molecular flexibility index (Phi) is 4.55. The van der Waals surface area contributed by atoms with Crippen molar-refractivity contribution >= 4 is 18.2 Å². The smallest absolute Gasteiger partial charge is 0.214 e. The molecule has 0 saturated heterocycles. The molecular formula is C20H24N4O. The van der Waals surface area contributed by atoms with Gasteiger partial charge in [-0.25, -0.2) is 4.98 Å². The minimum atomic E-state index is 0.362. The van der Waals surface area contributed by atoms with E-state index in [1.165, 1.54) is 24.8 Å². The summed E-state index contributed by atoms with van der Waals surface area (Å²) in [6, 6.07) is 8.78. The van der Waals surface area contributed by atoms with Crippen molar-refractivity contribution < 1.29 is 4.79 Å². The quantitative estimate of drug-likeness (QED) is 0.847. The van der Waals surface area contributed by atoms with Crippen molar-refractivity contribution in [2.24, 2.45) is 0 Å². The number of imidazole rings is 1. The number of H-pyrrole nitrogens is 1. The highest BCUT2D eigenvalue weighted by Crippen LogP contribution is 2.27. The Morgan fingerprint density at radius 1 is 1.20 bits per heavy atom. The zero-order chi connectivity index (χ0) is 17.1. The zero-order valence-electron chi connectivity index (χ0n) is 14.4. The molecule has 5 nitrogen and oxygen atoms in total. The summed E-state index contributed by atoms with van der Waals surface area (Å²) in [6.45, 7) is 1.69. The number of hydrogen-bond donors (Lipinski definition) is 1. The summed E-state index contributed by atoms with van der Waals surface area (Å²) in [5.41, 5.74) is 4.44. The van der Waals surface area contributed by atoms with Crippen molar-refractivity contribution in [2.75, 3.05) is 4.90 Å². The van der Waals surface area contributed by atoms with Crippen LogP contribution in [0.5, 0.6) is 0 Å². The molecule has 1 saturated carbocycles. The average Bonchev–Trinajstić information content (AvgIpc) is 3.12. The third-order valence-electron chi connectivity index (χ3n) is 5.26. The number of nitrogens with zero attached hydrogens (tertiary/aromatic N) is 3. The Morgan fingerprint density at radius 2 is 2.00 bits per heavy atom. The average molecular weight is 336 g/mol. The van der Waals surface area contributed by atoms with E-state index in [9.17, 15) is 4.79 Å². The summed E-state index contributed by atoms with van der Waals surface area (Å²) < 4.78 is 0. The Bertz CT molecular complexity index is 743. The number of anilines is 1. The molecule has 0 bridgehead atoms. The molecule has 1 aromatic carbocycles. The van der Waals surface area contributed by atoms with Crippen LogP contribution in [0.1, 0.15) is 49.1 Å². The van der Waals surface area contributed by atoms with Crippen molar-refractivity contribution in [1.29, 1.82) is 0 Å². The van der Waals surface area contributed by atoms with Crippen LogP contribution in [-0.4, -0.2) is 27.3 Å². The maximum atomic E-state index is 11.6. The SMILES string of the molecule is O=CN(c1ccc(CN2C=Cc3nc[nH]c3C2)cc1)C1CCCCC1. The van der Waals surface area contributed by atoms with Gasteiger partial charge in [0.15, 0.2) is 0 Å². The third-order valence-corrected chi connectivity index (χ3v) is 5.26. The molecule has 2 aliphatic rings. The number of carbonyl (C=O) groups is 1. The first kappa shape index (κ1) is 15.9. The molecule has 4 rings (SSSR count). The van der Waals surface area contributed by atoms with Crippen LogP contribution >= 0.6 is 0 Å². The second kappa shape index (κ2) is 7.13. The van der Waals surface area contributed by atoms with Crippen LogP contribution in [0.3, 0.4) is 0 Å². The van der Waals surface area contributed by atoms with E-state index in [0.29, 0.717) is 6.04 Å². The molecule has 1 N–H and O–H groups in total.